The van der Waals surface area contributed by atoms with E-state index in [2.05, 4.69) is 45.9 Å². The van der Waals surface area contributed by atoms with E-state index in [0.717, 1.165) is 0 Å². The molecule has 0 aromatic rings. The Kier molecular flexibility index (Phi) is 1.86. The molecule has 0 radical (unpaired) electrons. The van der Waals surface area contributed by atoms with Gasteiger partial charge in [0.1, 0.15) is 6.45 Å². The van der Waals surface area contributed by atoms with E-state index in [1.807, 2.05) is 0 Å². The van der Waals surface area contributed by atoms with Gasteiger partial charge in [-0.3, -0.25) is 0 Å². The van der Waals surface area contributed by atoms with Gasteiger partial charge in [0.15, 0.2) is 4.35 Å². The van der Waals surface area contributed by atoms with Gasteiger partial charge in [-0.1, -0.05) is 0 Å². The zero-order chi connectivity index (χ0) is 4.78. The van der Waals surface area contributed by atoms with Gasteiger partial charge in [-0.25, -0.2) is 0 Å². The fraction of sp³-hybridized carbons (Fsp3) is 0. The summed E-state index contributed by atoms with van der Waals surface area (Å²) in [6.07, 6.45) is 0. The topological polar surface area (TPSA) is 0 Å². The van der Waals surface area contributed by atoms with Crippen molar-refractivity contribution in [3.63, 3.8) is 0 Å². The molecule has 6 heavy (non-hydrogen) atoms. The lowest BCUT2D eigenvalue weighted by atomic mass is 27.1. The van der Waals surface area contributed by atoms with Crippen molar-refractivity contribution in [3.8, 4) is 0 Å². The van der Waals surface area contributed by atoms with Gasteiger partial charge in [-0.2, -0.15) is 0 Å². The van der Waals surface area contributed by atoms with Crippen molar-refractivity contribution in [2.75, 3.05) is 0 Å². The minimum Gasteiger partial charge on any atom is -0.137 e. The Morgan fingerprint density at radius 2 is 1.67 bits per heavy atom. The lowest BCUT2D eigenvalue weighted by Gasteiger charge is -1.81. The highest BCUT2D eigenvalue weighted by molar-refractivity contribution is 9.62. The summed E-state index contributed by atoms with van der Waals surface area (Å²) in [6, 6.07) is 0. The summed E-state index contributed by atoms with van der Waals surface area (Å²) in [5, 5.41) is 0. The van der Waals surface area contributed by atoms with E-state index in [-0.39, 0.29) is 6.45 Å². The number of rotatable bonds is 0. The first-order valence-corrected chi connectivity index (χ1v) is 18.7. The second-order valence-corrected chi connectivity index (χ2v) is 57.3. The zero-order valence-corrected chi connectivity index (χ0v) is 11.2. The number of hydrogen-bond donors (Lipinski definition) is 0. The Labute approximate surface area is 64.6 Å². The minimum atomic E-state index is -0.645. The van der Waals surface area contributed by atoms with E-state index >= 15 is 0 Å². The van der Waals surface area contributed by atoms with Crippen LogP contribution in [0.15, 0.2) is 0 Å². The highest BCUT2D eigenvalue weighted by atomic mass is 79.9. The van der Waals surface area contributed by atoms with Gasteiger partial charge in [0.25, 0.3) is 0 Å². The van der Waals surface area contributed by atoms with Gasteiger partial charge >= 0.3 is 0 Å². The molecule has 1 aliphatic rings. The summed E-state index contributed by atoms with van der Waals surface area (Å²) in [4.78, 5) is 0. The molecule has 1 unspecified atom stereocenters. The smallest absolute Gasteiger partial charge is 0.137 e. The SMILES string of the molecule is Br[SiH]1[SiH2][Si]1(Br)Br. The van der Waals surface area contributed by atoms with Crippen molar-refractivity contribution < 1.29 is 0 Å². The van der Waals surface area contributed by atoms with Crippen LogP contribution in [0.3, 0.4) is 0 Å². The molecule has 0 nitrogen and oxygen atoms in total. The zero-order valence-electron chi connectivity index (χ0n) is 2.92. The summed E-state index contributed by atoms with van der Waals surface area (Å²) in [5.41, 5.74) is 0. The molecule has 1 rings (SSSR count). The van der Waals surface area contributed by atoms with E-state index in [1.165, 1.54) is 0 Å². The van der Waals surface area contributed by atoms with Crippen molar-refractivity contribution in [2.24, 2.45) is 0 Å². The molecular formula is H3Br3Si3. The summed E-state index contributed by atoms with van der Waals surface area (Å²) >= 11 is 11.0. The van der Waals surface area contributed by atoms with Crippen LogP contribution in [0.1, 0.15) is 0 Å². The molecule has 0 saturated carbocycles. The monoisotopic (exact) mass is 324 g/mol. The maximum absolute atomic E-state index is 3.68. The van der Waals surface area contributed by atoms with Crippen molar-refractivity contribution >= 4 is 65.2 Å². The van der Waals surface area contributed by atoms with Crippen molar-refractivity contribution in [2.45, 2.75) is 0 Å². The number of hydrogen-bond acceptors (Lipinski definition) is 0. The molecule has 0 aromatic heterocycles. The van der Waals surface area contributed by atoms with E-state index in [4.69, 9.17) is 0 Å². The standard InChI is InChI=1S/Br3H3Si3/c1-5-4-6(5,2)3/h5H,4H2. The first-order valence-electron chi connectivity index (χ1n) is 1.65. The summed E-state index contributed by atoms with van der Waals surface area (Å²) in [7, 11) is 0.447. The highest BCUT2D eigenvalue weighted by Gasteiger charge is 2.53. The van der Waals surface area contributed by atoms with E-state index in [9.17, 15) is 0 Å². The second kappa shape index (κ2) is 1.80. The summed E-state index contributed by atoms with van der Waals surface area (Å²) < 4.78 is -0.645. The van der Waals surface area contributed by atoms with E-state index < -0.39 is 4.35 Å². The Morgan fingerprint density at radius 1 is 1.50 bits per heavy atom. The number of halogens is 3. The van der Waals surface area contributed by atoms with Crippen molar-refractivity contribution in [3.05, 3.63) is 0 Å². The van der Waals surface area contributed by atoms with Crippen LogP contribution in [0, 0.1) is 0 Å². The van der Waals surface area contributed by atoms with Gasteiger partial charge in [-0.05, 0) is 0 Å². The molecule has 1 saturated heterocycles. The molecule has 36 valence electrons. The molecule has 0 amide bonds. The average molecular weight is 327 g/mol. The van der Waals surface area contributed by atoms with Gasteiger partial charge in [-0.15, -0.1) is 45.9 Å². The lowest BCUT2D eigenvalue weighted by Crippen LogP contribution is -1.96. The lowest BCUT2D eigenvalue weighted by molar-refractivity contribution is 4.40. The molecule has 0 aliphatic carbocycles. The third kappa shape index (κ3) is 1.28. The van der Waals surface area contributed by atoms with Crippen LogP contribution in [0.25, 0.3) is 0 Å². The summed E-state index contributed by atoms with van der Waals surface area (Å²) in [5.74, 6) is 0. The van der Waals surface area contributed by atoms with Crippen LogP contribution in [0.4, 0.5) is 0 Å². The highest BCUT2D eigenvalue weighted by Crippen LogP contribution is 2.37. The van der Waals surface area contributed by atoms with E-state index in [0.29, 0.717) is 8.55 Å². The third-order valence-corrected chi connectivity index (χ3v) is 90.5. The molecule has 1 fully saturated rings. The first-order chi connectivity index (χ1) is 2.63. The van der Waals surface area contributed by atoms with Gasteiger partial charge in [0.05, 0.1) is 0 Å². The van der Waals surface area contributed by atoms with Crippen LogP contribution in [0.2, 0.25) is 0 Å². The Hall–Kier alpha value is 2.09. The molecule has 0 spiro atoms. The van der Waals surface area contributed by atoms with Crippen LogP contribution < -0.4 is 0 Å². The first kappa shape index (κ1) is 6.21. The molecule has 1 aliphatic heterocycles. The minimum absolute atomic E-state index is 0.174. The maximum atomic E-state index is 3.68. The molecule has 0 bridgehead atoms. The van der Waals surface area contributed by atoms with Crippen LogP contribution >= 0.6 is 45.9 Å². The fourth-order valence-electron chi connectivity index (χ4n) is 0.180. The largest absolute Gasteiger partial charge is 0.178 e. The molecule has 1 atom stereocenters. The molecular weight excluding hydrogens is 324 g/mol. The molecule has 0 aromatic carbocycles. The molecule has 1 heterocycles. The van der Waals surface area contributed by atoms with Crippen LogP contribution in [-0.4, -0.2) is 19.4 Å². The third-order valence-electron chi connectivity index (χ3n) is 0.750. The van der Waals surface area contributed by atoms with Crippen molar-refractivity contribution in [1.82, 2.24) is 0 Å². The van der Waals surface area contributed by atoms with Crippen molar-refractivity contribution in [1.29, 1.82) is 0 Å². The van der Waals surface area contributed by atoms with Crippen LogP contribution in [-0.2, 0) is 0 Å². The summed E-state index contributed by atoms with van der Waals surface area (Å²) in [6.45, 7) is -0.174. The Morgan fingerprint density at radius 3 is 1.67 bits per heavy atom. The predicted octanol–water partition coefficient (Wildman–Crippen LogP) is 0.591. The van der Waals surface area contributed by atoms with Gasteiger partial charge in [0.2, 0.25) is 0 Å². The molecule has 0 N–H and O–H groups in total. The molecule has 6 heteroatoms. The van der Waals surface area contributed by atoms with Crippen LogP contribution in [0.5, 0.6) is 0 Å². The van der Waals surface area contributed by atoms with Gasteiger partial charge in [0, 0.05) is 8.55 Å². The van der Waals surface area contributed by atoms with Gasteiger partial charge < -0.3 is 0 Å². The fourth-order valence-corrected chi connectivity index (χ4v) is 93.7. The second-order valence-electron chi connectivity index (χ2n) is 1.43. The predicted molar refractivity (Wildman–Crippen MR) is 48.2 cm³/mol. The quantitative estimate of drug-likeness (QED) is 0.451. The Balaban J connectivity index is 2.41. The normalized spacial score (nSPS) is 43.5. The Bertz CT molecular complexity index is 68.4. The van der Waals surface area contributed by atoms with E-state index in [1.54, 1.807) is 0 Å². The maximum Gasteiger partial charge on any atom is 0.178 e. The average Bonchev–Trinajstić information content (AvgIpc) is 1.73.